The minimum atomic E-state index is -0.955. The van der Waals surface area contributed by atoms with Crippen molar-refractivity contribution >= 4 is 0 Å². The second-order valence-corrected chi connectivity index (χ2v) is 9.18. The zero-order valence-electron chi connectivity index (χ0n) is 18.3. The number of rotatable bonds is 9. The Labute approximate surface area is 175 Å². The van der Waals surface area contributed by atoms with Gasteiger partial charge in [-0.05, 0) is 81.3 Å². The van der Waals surface area contributed by atoms with Crippen molar-refractivity contribution in [2.75, 3.05) is 13.2 Å². The Bertz CT molecular complexity index is 632. The van der Waals surface area contributed by atoms with Crippen molar-refractivity contribution < 1.29 is 18.3 Å². The van der Waals surface area contributed by atoms with E-state index in [0.717, 1.165) is 18.8 Å². The van der Waals surface area contributed by atoms with E-state index >= 15 is 0 Å². The Morgan fingerprint density at radius 1 is 0.897 bits per heavy atom. The molecule has 0 N–H and O–H groups in total. The van der Waals surface area contributed by atoms with Crippen LogP contribution in [0.25, 0.3) is 0 Å². The molecule has 0 radical (unpaired) electrons. The van der Waals surface area contributed by atoms with Crippen LogP contribution in [0.4, 0.5) is 8.78 Å². The molecule has 2 aliphatic carbocycles. The maximum Gasteiger partial charge on any atom is 0.204 e. The van der Waals surface area contributed by atoms with Crippen LogP contribution in [0.3, 0.4) is 0 Å². The molecule has 0 saturated heterocycles. The molecule has 0 unspecified atom stereocenters. The predicted octanol–water partition coefficient (Wildman–Crippen LogP) is 7.69. The highest BCUT2D eigenvalue weighted by Gasteiger charge is 2.40. The molecule has 0 bridgehead atoms. The van der Waals surface area contributed by atoms with Crippen LogP contribution in [0.15, 0.2) is 12.1 Å². The van der Waals surface area contributed by atoms with Crippen molar-refractivity contribution in [1.82, 2.24) is 0 Å². The number of halogens is 2. The molecule has 2 aliphatic rings. The van der Waals surface area contributed by atoms with Gasteiger partial charge in [-0.3, -0.25) is 0 Å². The fraction of sp³-hybridized carbons (Fsp3) is 0.760. The zero-order chi connectivity index (χ0) is 20.7. The van der Waals surface area contributed by atoms with Gasteiger partial charge in [0.15, 0.2) is 11.5 Å². The molecule has 2 nitrogen and oxygen atoms in total. The Kier molecular flexibility index (Phi) is 8.20. The zero-order valence-corrected chi connectivity index (χ0v) is 18.3. The van der Waals surface area contributed by atoms with Crippen LogP contribution in [0.5, 0.6) is 11.5 Å². The molecule has 1 aromatic rings. The maximum absolute atomic E-state index is 14.2. The minimum Gasteiger partial charge on any atom is -0.491 e. The standard InChI is InChI=1S/C25H38F2O2/c1-3-5-15-25(16-7-6-8-17-25)20-11-9-19(10-12-20)18-29-22-14-13-21(28-4-2)23(26)24(22)27/h13-14,19-20H,3-12,15-18H2,1-2H3/t19-,20-. The third kappa shape index (κ3) is 5.44. The molecule has 0 heterocycles. The summed E-state index contributed by atoms with van der Waals surface area (Å²) in [6.45, 7) is 4.82. The first kappa shape index (κ1) is 22.4. The van der Waals surface area contributed by atoms with Crippen molar-refractivity contribution in [3.8, 4) is 11.5 Å². The average Bonchev–Trinajstić information content (AvgIpc) is 2.76. The van der Waals surface area contributed by atoms with Crippen molar-refractivity contribution in [3.05, 3.63) is 23.8 Å². The Morgan fingerprint density at radius 2 is 1.52 bits per heavy atom. The monoisotopic (exact) mass is 408 g/mol. The van der Waals surface area contributed by atoms with Crippen molar-refractivity contribution in [2.24, 2.45) is 17.3 Å². The van der Waals surface area contributed by atoms with E-state index in [0.29, 0.717) is 24.5 Å². The first-order chi connectivity index (χ1) is 14.1. The smallest absolute Gasteiger partial charge is 0.204 e. The van der Waals surface area contributed by atoms with E-state index in [9.17, 15) is 8.78 Å². The second-order valence-electron chi connectivity index (χ2n) is 9.18. The quantitative estimate of drug-likeness (QED) is 0.417. The van der Waals surface area contributed by atoms with Crippen LogP contribution < -0.4 is 9.47 Å². The summed E-state index contributed by atoms with van der Waals surface area (Å²) in [5.41, 5.74) is 0.574. The molecule has 0 amide bonds. The summed E-state index contributed by atoms with van der Waals surface area (Å²) in [5.74, 6) is -0.673. The van der Waals surface area contributed by atoms with E-state index in [2.05, 4.69) is 6.92 Å². The van der Waals surface area contributed by atoms with Crippen LogP contribution in [-0.4, -0.2) is 13.2 Å². The number of benzene rings is 1. The summed E-state index contributed by atoms with van der Waals surface area (Å²) in [6, 6.07) is 2.94. The Balaban J connectivity index is 1.52. The highest BCUT2D eigenvalue weighted by Crippen LogP contribution is 2.52. The first-order valence-electron chi connectivity index (χ1n) is 11.8. The lowest BCUT2D eigenvalue weighted by Gasteiger charge is -2.47. The molecule has 0 atom stereocenters. The van der Waals surface area contributed by atoms with Gasteiger partial charge in [0, 0.05) is 0 Å². The van der Waals surface area contributed by atoms with Gasteiger partial charge in [-0.15, -0.1) is 0 Å². The number of hydrogen-bond donors (Lipinski definition) is 0. The Hall–Kier alpha value is -1.32. The number of unbranched alkanes of at least 4 members (excludes halogenated alkanes) is 1. The van der Waals surface area contributed by atoms with Gasteiger partial charge in [0.1, 0.15) is 0 Å². The maximum atomic E-state index is 14.2. The molecule has 0 aliphatic heterocycles. The van der Waals surface area contributed by atoms with E-state index in [1.807, 2.05) is 0 Å². The topological polar surface area (TPSA) is 18.5 Å². The van der Waals surface area contributed by atoms with E-state index in [-0.39, 0.29) is 11.5 Å². The van der Waals surface area contributed by atoms with E-state index in [1.54, 1.807) is 6.92 Å². The van der Waals surface area contributed by atoms with E-state index in [4.69, 9.17) is 9.47 Å². The van der Waals surface area contributed by atoms with Crippen LogP contribution >= 0.6 is 0 Å². The number of hydrogen-bond acceptors (Lipinski definition) is 2. The molecule has 4 heteroatoms. The van der Waals surface area contributed by atoms with Crippen LogP contribution in [0.1, 0.15) is 90.9 Å². The summed E-state index contributed by atoms with van der Waals surface area (Å²) >= 11 is 0. The summed E-state index contributed by atoms with van der Waals surface area (Å²) < 4.78 is 39.1. The van der Waals surface area contributed by atoms with Gasteiger partial charge in [0.05, 0.1) is 13.2 Å². The van der Waals surface area contributed by atoms with Gasteiger partial charge < -0.3 is 9.47 Å². The first-order valence-corrected chi connectivity index (χ1v) is 11.8. The normalized spacial score (nSPS) is 24.3. The van der Waals surface area contributed by atoms with Crippen molar-refractivity contribution in [1.29, 1.82) is 0 Å². The summed E-state index contributed by atoms with van der Waals surface area (Å²) in [6.07, 6.45) is 15.9. The number of ether oxygens (including phenoxy) is 2. The van der Waals surface area contributed by atoms with Gasteiger partial charge in [0.25, 0.3) is 0 Å². The van der Waals surface area contributed by atoms with E-state index in [1.165, 1.54) is 76.3 Å². The van der Waals surface area contributed by atoms with Gasteiger partial charge in [-0.25, -0.2) is 0 Å². The largest absolute Gasteiger partial charge is 0.491 e. The summed E-state index contributed by atoms with van der Waals surface area (Å²) in [5, 5.41) is 0. The fourth-order valence-electron chi connectivity index (χ4n) is 5.69. The Morgan fingerprint density at radius 3 is 2.10 bits per heavy atom. The molecular weight excluding hydrogens is 370 g/mol. The van der Waals surface area contributed by atoms with Crippen LogP contribution in [-0.2, 0) is 0 Å². The molecule has 2 fully saturated rings. The van der Waals surface area contributed by atoms with Gasteiger partial charge >= 0.3 is 0 Å². The van der Waals surface area contributed by atoms with Crippen LogP contribution in [0, 0.1) is 28.9 Å². The highest BCUT2D eigenvalue weighted by atomic mass is 19.2. The average molecular weight is 409 g/mol. The lowest BCUT2D eigenvalue weighted by Crippen LogP contribution is -2.36. The van der Waals surface area contributed by atoms with Gasteiger partial charge in [-0.1, -0.05) is 39.0 Å². The molecule has 1 aromatic carbocycles. The lowest BCUT2D eigenvalue weighted by atomic mass is 9.59. The lowest BCUT2D eigenvalue weighted by molar-refractivity contribution is 0.0371. The molecule has 164 valence electrons. The SMILES string of the molecule is CCCCC1([C@H]2CC[C@H](COc3ccc(OCC)c(F)c3F)CC2)CCCCC1. The molecular formula is C25H38F2O2. The second kappa shape index (κ2) is 10.6. The van der Waals surface area contributed by atoms with Gasteiger partial charge in [0.2, 0.25) is 11.6 Å². The van der Waals surface area contributed by atoms with Crippen molar-refractivity contribution in [2.45, 2.75) is 90.9 Å². The van der Waals surface area contributed by atoms with Crippen LogP contribution in [0.2, 0.25) is 0 Å². The van der Waals surface area contributed by atoms with E-state index < -0.39 is 11.6 Å². The molecule has 29 heavy (non-hydrogen) atoms. The summed E-state index contributed by atoms with van der Waals surface area (Å²) in [4.78, 5) is 0. The third-order valence-corrected chi connectivity index (χ3v) is 7.38. The highest BCUT2D eigenvalue weighted by molar-refractivity contribution is 5.35. The molecule has 0 spiro atoms. The predicted molar refractivity (Wildman–Crippen MR) is 114 cm³/mol. The summed E-state index contributed by atoms with van der Waals surface area (Å²) in [7, 11) is 0. The molecule has 0 aromatic heterocycles. The molecule has 2 saturated carbocycles. The van der Waals surface area contributed by atoms with Crippen molar-refractivity contribution in [3.63, 3.8) is 0 Å². The van der Waals surface area contributed by atoms with Gasteiger partial charge in [-0.2, -0.15) is 8.78 Å². The molecule has 3 rings (SSSR count). The minimum absolute atomic E-state index is 0.000210. The fourth-order valence-corrected chi connectivity index (χ4v) is 5.69. The third-order valence-electron chi connectivity index (χ3n) is 7.38.